The highest BCUT2D eigenvalue weighted by Gasteiger charge is 2.07. The van der Waals surface area contributed by atoms with Crippen molar-refractivity contribution in [2.75, 3.05) is 39.5 Å². The lowest BCUT2D eigenvalue weighted by Gasteiger charge is -2.26. The van der Waals surface area contributed by atoms with Gasteiger partial charge in [-0.05, 0) is 13.0 Å². The quantitative estimate of drug-likeness (QED) is 0.595. The first kappa shape index (κ1) is 8.97. The van der Waals surface area contributed by atoms with Crippen molar-refractivity contribution in [1.82, 2.24) is 10.2 Å². The van der Waals surface area contributed by atoms with Crippen molar-refractivity contribution in [1.29, 1.82) is 0 Å². The van der Waals surface area contributed by atoms with E-state index in [2.05, 4.69) is 17.1 Å². The number of hydrogen-bond donors (Lipinski definition) is 1. The first-order valence-electron chi connectivity index (χ1n) is 4.44. The predicted molar refractivity (Wildman–Crippen MR) is 45.6 cm³/mol. The molecule has 0 aromatic rings. The van der Waals surface area contributed by atoms with Gasteiger partial charge < -0.3 is 10.1 Å². The van der Waals surface area contributed by atoms with E-state index >= 15 is 0 Å². The predicted octanol–water partition coefficient (Wildman–Crippen LogP) is 0.276. The number of rotatable bonds is 4. The summed E-state index contributed by atoms with van der Waals surface area (Å²) in [5, 5.41) is 3.38. The molecule has 0 radical (unpaired) electrons. The van der Waals surface area contributed by atoms with Gasteiger partial charge in [0.2, 0.25) is 0 Å². The summed E-state index contributed by atoms with van der Waals surface area (Å²) in [5.74, 6) is 0. The summed E-state index contributed by atoms with van der Waals surface area (Å²) >= 11 is 0. The summed E-state index contributed by atoms with van der Waals surface area (Å²) in [6.45, 7) is 8.29. The molecule has 0 spiro atoms. The second kappa shape index (κ2) is 5.52. The van der Waals surface area contributed by atoms with Crippen molar-refractivity contribution in [3.8, 4) is 0 Å². The molecule has 66 valence electrons. The zero-order chi connectivity index (χ0) is 7.94. The lowest BCUT2D eigenvalue weighted by atomic mass is 10.4. The van der Waals surface area contributed by atoms with Crippen molar-refractivity contribution >= 4 is 0 Å². The summed E-state index contributed by atoms with van der Waals surface area (Å²) in [7, 11) is 0. The Hall–Kier alpha value is -0.120. The smallest absolute Gasteiger partial charge is 0.0594 e. The third-order valence-electron chi connectivity index (χ3n) is 1.87. The van der Waals surface area contributed by atoms with Crippen molar-refractivity contribution in [3.05, 3.63) is 0 Å². The molecule has 1 heterocycles. The van der Waals surface area contributed by atoms with E-state index in [0.29, 0.717) is 0 Å². The lowest BCUT2D eigenvalue weighted by molar-refractivity contribution is 0.0343. The molecule has 0 saturated carbocycles. The van der Waals surface area contributed by atoms with E-state index in [1.165, 1.54) is 6.42 Å². The van der Waals surface area contributed by atoms with Crippen LogP contribution in [0.3, 0.4) is 0 Å². The van der Waals surface area contributed by atoms with Crippen LogP contribution in [0.25, 0.3) is 0 Å². The molecule has 0 aromatic carbocycles. The van der Waals surface area contributed by atoms with Crippen LogP contribution in [-0.2, 0) is 4.74 Å². The van der Waals surface area contributed by atoms with E-state index in [-0.39, 0.29) is 0 Å². The number of nitrogens with one attached hydrogen (secondary N) is 1. The molecule has 1 aliphatic heterocycles. The molecule has 1 aliphatic rings. The van der Waals surface area contributed by atoms with Gasteiger partial charge in [-0.25, -0.2) is 0 Å². The van der Waals surface area contributed by atoms with Gasteiger partial charge in [-0.1, -0.05) is 6.92 Å². The Morgan fingerprint density at radius 3 is 2.73 bits per heavy atom. The van der Waals surface area contributed by atoms with Crippen molar-refractivity contribution in [2.45, 2.75) is 13.3 Å². The number of nitrogens with zero attached hydrogens (tertiary/aromatic N) is 1. The second-order valence-electron chi connectivity index (χ2n) is 2.89. The van der Waals surface area contributed by atoms with Crippen LogP contribution >= 0.6 is 0 Å². The van der Waals surface area contributed by atoms with Crippen molar-refractivity contribution in [3.63, 3.8) is 0 Å². The SMILES string of the molecule is CCCNCN1CCOCC1. The average molecular weight is 158 g/mol. The molecule has 0 aromatic heterocycles. The molecule has 0 aliphatic carbocycles. The number of hydrogen-bond acceptors (Lipinski definition) is 3. The molecule has 0 atom stereocenters. The molecule has 1 N–H and O–H groups in total. The lowest BCUT2D eigenvalue weighted by Crippen LogP contribution is -2.42. The van der Waals surface area contributed by atoms with E-state index in [9.17, 15) is 0 Å². The molecule has 0 amide bonds. The van der Waals surface area contributed by atoms with E-state index in [1.807, 2.05) is 0 Å². The maximum absolute atomic E-state index is 5.24. The van der Waals surface area contributed by atoms with Crippen LogP contribution in [-0.4, -0.2) is 44.4 Å². The van der Waals surface area contributed by atoms with Crippen LogP contribution in [0.15, 0.2) is 0 Å². The van der Waals surface area contributed by atoms with Crippen molar-refractivity contribution < 1.29 is 4.74 Å². The van der Waals surface area contributed by atoms with Crippen LogP contribution in [0, 0.1) is 0 Å². The summed E-state index contributed by atoms with van der Waals surface area (Å²) in [4.78, 5) is 2.39. The molecular weight excluding hydrogens is 140 g/mol. The first-order chi connectivity index (χ1) is 5.43. The van der Waals surface area contributed by atoms with E-state index in [1.54, 1.807) is 0 Å². The van der Waals surface area contributed by atoms with Gasteiger partial charge in [0.05, 0.1) is 13.2 Å². The zero-order valence-electron chi connectivity index (χ0n) is 7.31. The van der Waals surface area contributed by atoms with Gasteiger partial charge in [0, 0.05) is 19.8 Å². The van der Waals surface area contributed by atoms with Crippen LogP contribution in [0.5, 0.6) is 0 Å². The van der Waals surface area contributed by atoms with Crippen LogP contribution in [0.2, 0.25) is 0 Å². The summed E-state index contributed by atoms with van der Waals surface area (Å²) in [6, 6.07) is 0. The molecular formula is C8H18N2O. The Bertz CT molecular complexity index is 92.1. The molecule has 1 fully saturated rings. The molecule has 11 heavy (non-hydrogen) atoms. The molecule has 0 unspecified atom stereocenters. The van der Waals surface area contributed by atoms with Gasteiger partial charge in [-0.2, -0.15) is 0 Å². The minimum Gasteiger partial charge on any atom is -0.379 e. The average Bonchev–Trinajstić information content (AvgIpc) is 2.07. The fraction of sp³-hybridized carbons (Fsp3) is 1.00. The highest BCUT2D eigenvalue weighted by atomic mass is 16.5. The summed E-state index contributed by atoms with van der Waals surface area (Å²) in [5.41, 5.74) is 0. The van der Waals surface area contributed by atoms with Crippen molar-refractivity contribution in [2.24, 2.45) is 0 Å². The van der Waals surface area contributed by atoms with E-state index in [0.717, 1.165) is 39.5 Å². The molecule has 3 nitrogen and oxygen atoms in total. The third-order valence-corrected chi connectivity index (χ3v) is 1.87. The molecule has 1 rings (SSSR count). The Morgan fingerprint density at radius 2 is 2.09 bits per heavy atom. The molecule has 0 bridgehead atoms. The topological polar surface area (TPSA) is 24.5 Å². The van der Waals surface area contributed by atoms with Gasteiger partial charge in [0.1, 0.15) is 0 Å². The fourth-order valence-electron chi connectivity index (χ4n) is 1.17. The number of ether oxygens (including phenoxy) is 1. The normalized spacial score (nSPS) is 20.5. The molecule has 1 saturated heterocycles. The Morgan fingerprint density at radius 1 is 1.36 bits per heavy atom. The largest absolute Gasteiger partial charge is 0.379 e. The van der Waals surface area contributed by atoms with E-state index < -0.39 is 0 Å². The Labute approximate surface area is 68.7 Å². The minimum absolute atomic E-state index is 0.897. The minimum atomic E-state index is 0.897. The molecule has 3 heteroatoms. The van der Waals surface area contributed by atoms with Crippen LogP contribution in [0.4, 0.5) is 0 Å². The van der Waals surface area contributed by atoms with Gasteiger partial charge in [0.15, 0.2) is 0 Å². The van der Waals surface area contributed by atoms with Gasteiger partial charge in [-0.3, -0.25) is 4.90 Å². The standard InChI is InChI=1S/C8H18N2O/c1-2-3-9-8-10-4-6-11-7-5-10/h9H,2-8H2,1H3. The maximum Gasteiger partial charge on any atom is 0.0594 e. The monoisotopic (exact) mass is 158 g/mol. The van der Waals surface area contributed by atoms with Gasteiger partial charge in [0.25, 0.3) is 0 Å². The van der Waals surface area contributed by atoms with Gasteiger partial charge >= 0.3 is 0 Å². The van der Waals surface area contributed by atoms with Crippen LogP contribution < -0.4 is 5.32 Å². The van der Waals surface area contributed by atoms with E-state index in [4.69, 9.17) is 4.74 Å². The summed E-state index contributed by atoms with van der Waals surface area (Å²) < 4.78 is 5.24. The summed E-state index contributed by atoms with van der Waals surface area (Å²) in [6.07, 6.45) is 1.21. The maximum atomic E-state index is 5.24. The van der Waals surface area contributed by atoms with Crippen LogP contribution in [0.1, 0.15) is 13.3 Å². The zero-order valence-corrected chi connectivity index (χ0v) is 7.31. The Kier molecular flexibility index (Phi) is 4.50. The number of morpholine rings is 1. The fourth-order valence-corrected chi connectivity index (χ4v) is 1.17. The van der Waals surface area contributed by atoms with Gasteiger partial charge in [-0.15, -0.1) is 0 Å². The second-order valence-corrected chi connectivity index (χ2v) is 2.89. The first-order valence-corrected chi connectivity index (χ1v) is 4.44. The highest BCUT2D eigenvalue weighted by molar-refractivity contribution is 4.59. The Balaban J connectivity index is 1.96. The highest BCUT2D eigenvalue weighted by Crippen LogP contribution is 1.93. The third kappa shape index (κ3) is 3.70.